The molecule has 2 aromatic rings. The number of nitrogens with zero attached hydrogens (tertiary/aromatic N) is 2. The lowest BCUT2D eigenvalue weighted by molar-refractivity contribution is 0.0377. The van der Waals surface area contributed by atoms with E-state index < -0.39 is 5.97 Å². The van der Waals surface area contributed by atoms with Gasteiger partial charge in [-0.3, -0.25) is 9.78 Å². The molecule has 0 radical (unpaired) electrons. The number of hydrogen-bond acceptors (Lipinski definition) is 4. The van der Waals surface area contributed by atoms with Crippen molar-refractivity contribution in [3.63, 3.8) is 0 Å². The molecule has 0 aliphatic rings. The highest BCUT2D eigenvalue weighted by Crippen LogP contribution is 2.23. The zero-order chi connectivity index (χ0) is 16.3. The molecular formula is C15H14Cl2N2O3. The second kappa shape index (κ2) is 6.94. The lowest BCUT2D eigenvalue weighted by Gasteiger charge is -2.11. The molecule has 0 amide bonds. The zero-order valence-corrected chi connectivity index (χ0v) is 13.6. The molecule has 0 unspecified atom stereocenters. The minimum absolute atomic E-state index is 0.193. The van der Waals surface area contributed by atoms with E-state index in [9.17, 15) is 9.59 Å². The molecule has 2 aromatic heterocycles. The summed E-state index contributed by atoms with van der Waals surface area (Å²) in [4.78, 5) is 27.7. The molecule has 0 bridgehead atoms. The van der Waals surface area contributed by atoms with Gasteiger partial charge < -0.3 is 9.30 Å². The third-order valence-electron chi connectivity index (χ3n) is 2.86. The van der Waals surface area contributed by atoms with Crippen LogP contribution in [0.5, 0.6) is 0 Å². The maximum atomic E-state index is 12.1. The first-order valence-electron chi connectivity index (χ1n) is 6.58. The van der Waals surface area contributed by atoms with Crippen LogP contribution in [0.3, 0.4) is 0 Å². The van der Waals surface area contributed by atoms with Gasteiger partial charge in [-0.15, -0.1) is 0 Å². The normalized spacial score (nSPS) is 10.8. The molecule has 7 heteroatoms. The fourth-order valence-corrected chi connectivity index (χ4v) is 2.29. The van der Waals surface area contributed by atoms with Crippen LogP contribution in [0.4, 0.5) is 0 Å². The number of aromatic nitrogens is 2. The minimum Gasteiger partial charge on any atom is -0.459 e. The number of halogens is 2. The van der Waals surface area contributed by atoms with Crippen molar-refractivity contribution >= 4 is 29.2 Å². The Morgan fingerprint density at radius 1 is 1.32 bits per heavy atom. The molecule has 0 atom stereocenters. The Hall–Kier alpha value is -1.85. The largest absolute Gasteiger partial charge is 0.459 e. The summed E-state index contributed by atoms with van der Waals surface area (Å²) in [5.74, 6) is -0.528. The van der Waals surface area contributed by atoms with Crippen molar-refractivity contribution in [2.75, 3.05) is 0 Å². The van der Waals surface area contributed by atoms with E-state index in [1.165, 1.54) is 35.3 Å². The summed E-state index contributed by atoms with van der Waals surface area (Å²) in [6, 6.07) is 2.75. The Morgan fingerprint density at radius 2 is 1.95 bits per heavy atom. The van der Waals surface area contributed by atoms with E-state index in [0.717, 1.165) is 0 Å². The molecule has 116 valence electrons. The van der Waals surface area contributed by atoms with E-state index in [1.54, 1.807) is 13.8 Å². The number of carbonyl (C=O) groups excluding carboxylic acids is 1. The SMILES string of the molecule is CC(C)OC(=O)c1ccn(Cc2c(Cl)cncc2Cl)c(=O)c1. The fourth-order valence-electron chi connectivity index (χ4n) is 1.81. The average molecular weight is 341 g/mol. The lowest BCUT2D eigenvalue weighted by atomic mass is 10.2. The first-order valence-corrected chi connectivity index (χ1v) is 7.33. The van der Waals surface area contributed by atoms with Crippen LogP contribution in [0, 0.1) is 0 Å². The first kappa shape index (κ1) is 16.5. The van der Waals surface area contributed by atoms with E-state index in [1.807, 2.05) is 0 Å². The lowest BCUT2D eigenvalue weighted by Crippen LogP contribution is -2.22. The molecule has 0 N–H and O–H groups in total. The summed E-state index contributed by atoms with van der Waals surface area (Å²) in [6.45, 7) is 3.68. The van der Waals surface area contributed by atoms with Gasteiger partial charge in [-0.25, -0.2) is 4.79 Å². The standard InChI is InChI=1S/C15H14Cl2N2O3/c1-9(2)22-15(21)10-3-4-19(14(20)5-10)8-11-12(16)6-18-7-13(11)17/h3-7,9H,8H2,1-2H3. The van der Waals surface area contributed by atoms with Crippen LogP contribution in [0.1, 0.15) is 29.8 Å². The summed E-state index contributed by atoms with van der Waals surface area (Å²) in [5.41, 5.74) is 0.460. The first-order chi connectivity index (χ1) is 10.4. The number of hydrogen-bond donors (Lipinski definition) is 0. The Bertz CT molecular complexity index is 736. The van der Waals surface area contributed by atoms with Gasteiger partial charge in [0.05, 0.1) is 28.3 Å². The molecule has 22 heavy (non-hydrogen) atoms. The second-order valence-electron chi connectivity index (χ2n) is 4.92. The van der Waals surface area contributed by atoms with Gasteiger partial charge in [0.25, 0.3) is 5.56 Å². The van der Waals surface area contributed by atoms with Crippen molar-refractivity contribution in [3.8, 4) is 0 Å². The van der Waals surface area contributed by atoms with E-state index in [0.29, 0.717) is 15.6 Å². The molecule has 5 nitrogen and oxygen atoms in total. The molecule has 2 rings (SSSR count). The molecule has 0 saturated carbocycles. The van der Waals surface area contributed by atoms with Crippen molar-refractivity contribution in [1.82, 2.24) is 9.55 Å². The number of ether oxygens (including phenoxy) is 1. The monoisotopic (exact) mass is 340 g/mol. The number of pyridine rings is 2. The smallest absolute Gasteiger partial charge is 0.338 e. The quantitative estimate of drug-likeness (QED) is 0.802. The van der Waals surface area contributed by atoms with Crippen molar-refractivity contribution < 1.29 is 9.53 Å². The predicted octanol–water partition coefficient (Wildman–Crippen LogP) is 3.16. The van der Waals surface area contributed by atoms with Crippen LogP contribution in [-0.4, -0.2) is 21.6 Å². The summed E-state index contributed by atoms with van der Waals surface area (Å²) in [7, 11) is 0. The molecule has 0 aromatic carbocycles. The topological polar surface area (TPSA) is 61.2 Å². The summed E-state index contributed by atoms with van der Waals surface area (Å²) < 4.78 is 6.45. The summed E-state index contributed by atoms with van der Waals surface area (Å²) in [5, 5.41) is 0.755. The Morgan fingerprint density at radius 3 is 2.50 bits per heavy atom. The molecule has 0 fully saturated rings. The second-order valence-corrected chi connectivity index (χ2v) is 5.73. The molecule has 0 aliphatic heterocycles. The molecule has 0 saturated heterocycles. The maximum Gasteiger partial charge on any atom is 0.338 e. The summed E-state index contributed by atoms with van der Waals surface area (Å²) >= 11 is 12.1. The van der Waals surface area contributed by atoms with Crippen LogP contribution in [-0.2, 0) is 11.3 Å². The van der Waals surface area contributed by atoms with Gasteiger partial charge in [-0.2, -0.15) is 0 Å². The van der Waals surface area contributed by atoms with E-state index in [4.69, 9.17) is 27.9 Å². The highest BCUT2D eigenvalue weighted by atomic mass is 35.5. The van der Waals surface area contributed by atoms with Gasteiger partial charge in [0.2, 0.25) is 0 Å². The third-order valence-corrected chi connectivity index (χ3v) is 3.51. The molecule has 0 spiro atoms. The maximum absolute atomic E-state index is 12.1. The van der Waals surface area contributed by atoms with Gasteiger partial charge in [-0.05, 0) is 19.9 Å². The predicted molar refractivity (Wildman–Crippen MR) is 84.6 cm³/mol. The highest BCUT2D eigenvalue weighted by molar-refractivity contribution is 6.35. The Kier molecular flexibility index (Phi) is 5.21. The van der Waals surface area contributed by atoms with Gasteiger partial charge >= 0.3 is 5.97 Å². The molecule has 0 aliphatic carbocycles. The van der Waals surface area contributed by atoms with Crippen molar-refractivity contribution in [3.05, 3.63) is 62.2 Å². The Balaban J connectivity index is 2.28. The number of carbonyl (C=O) groups is 1. The highest BCUT2D eigenvalue weighted by Gasteiger charge is 2.12. The Labute approximate surface area is 137 Å². The number of esters is 1. The fraction of sp³-hybridized carbons (Fsp3) is 0.267. The van der Waals surface area contributed by atoms with Gasteiger partial charge in [0.1, 0.15) is 0 Å². The van der Waals surface area contributed by atoms with Crippen molar-refractivity contribution in [2.45, 2.75) is 26.5 Å². The van der Waals surface area contributed by atoms with E-state index in [-0.39, 0.29) is 23.8 Å². The number of rotatable bonds is 4. The van der Waals surface area contributed by atoms with Crippen LogP contribution < -0.4 is 5.56 Å². The van der Waals surface area contributed by atoms with Crippen LogP contribution in [0.15, 0.2) is 35.5 Å². The van der Waals surface area contributed by atoms with E-state index in [2.05, 4.69) is 4.98 Å². The van der Waals surface area contributed by atoms with E-state index >= 15 is 0 Å². The van der Waals surface area contributed by atoms with Crippen LogP contribution in [0.2, 0.25) is 10.0 Å². The van der Waals surface area contributed by atoms with Crippen LogP contribution in [0.25, 0.3) is 0 Å². The average Bonchev–Trinajstić information content (AvgIpc) is 2.43. The molecular weight excluding hydrogens is 327 g/mol. The van der Waals surface area contributed by atoms with Crippen molar-refractivity contribution in [1.29, 1.82) is 0 Å². The van der Waals surface area contributed by atoms with Crippen LogP contribution >= 0.6 is 23.2 Å². The minimum atomic E-state index is -0.528. The third kappa shape index (κ3) is 3.87. The van der Waals surface area contributed by atoms with Gasteiger partial charge in [0, 0.05) is 30.2 Å². The zero-order valence-electron chi connectivity index (χ0n) is 12.0. The van der Waals surface area contributed by atoms with Gasteiger partial charge in [0.15, 0.2) is 0 Å². The van der Waals surface area contributed by atoms with Crippen molar-refractivity contribution in [2.24, 2.45) is 0 Å². The van der Waals surface area contributed by atoms with Gasteiger partial charge in [-0.1, -0.05) is 23.2 Å². The summed E-state index contributed by atoms with van der Waals surface area (Å²) in [6.07, 6.45) is 4.18. The molecule has 2 heterocycles.